The summed E-state index contributed by atoms with van der Waals surface area (Å²) in [5, 5.41) is 6.12. The van der Waals surface area contributed by atoms with Gasteiger partial charge in [-0.05, 0) is 43.2 Å². The van der Waals surface area contributed by atoms with E-state index < -0.39 is 11.6 Å². The first-order valence-corrected chi connectivity index (χ1v) is 10.4. The number of hydrogen-bond donors (Lipinski definition) is 1. The number of hydrogen-bond acceptors (Lipinski definition) is 5. The number of carbonyl (C=O) groups is 1. The molecule has 2 aliphatic heterocycles. The highest BCUT2D eigenvalue weighted by Crippen LogP contribution is 2.38. The quantitative estimate of drug-likeness (QED) is 0.694. The molecule has 0 saturated carbocycles. The van der Waals surface area contributed by atoms with Crippen LogP contribution >= 0.6 is 0 Å². The number of aromatic nitrogens is 2. The van der Waals surface area contributed by atoms with E-state index in [2.05, 4.69) is 15.4 Å². The van der Waals surface area contributed by atoms with E-state index in [0.29, 0.717) is 42.9 Å². The first-order valence-electron chi connectivity index (χ1n) is 10.4. The van der Waals surface area contributed by atoms with Crippen molar-refractivity contribution in [3.05, 3.63) is 65.5 Å². The van der Waals surface area contributed by atoms with Gasteiger partial charge >= 0.3 is 0 Å². The fraction of sp³-hybridized carbons (Fsp3) is 0.364. The first kappa shape index (κ1) is 19.9. The maximum Gasteiger partial charge on any atom is 0.269 e. The lowest BCUT2D eigenvalue weighted by Gasteiger charge is -2.28. The second kappa shape index (κ2) is 8.24. The van der Waals surface area contributed by atoms with Crippen LogP contribution in [0.25, 0.3) is 5.52 Å². The number of nitrogens with one attached hydrogen (secondary N) is 1. The Balaban J connectivity index is 1.44. The van der Waals surface area contributed by atoms with Gasteiger partial charge in [0.25, 0.3) is 5.91 Å². The van der Waals surface area contributed by atoms with Gasteiger partial charge < -0.3 is 9.64 Å². The van der Waals surface area contributed by atoms with E-state index in [1.54, 1.807) is 16.9 Å². The summed E-state index contributed by atoms with van der Waals surface area (Å²) < 4.78 is 35.2. The third-order valence-corrected chi connectivity index (χ3v) is 5.92. The molecular formula is C22H23F2N5O2. The first-order chi connectivity index (χ1) is 15.1. The molecule has 162 valence electrons. The summed E-state index contributed by atoms with van der Waals surface area (Å²) in [6, 6.07) is 7.10. The third-order valence-electron chi connectivity index (χ3n) is 5.92. The number of benzene rings is 1. The average molecular weight is 427 g/mol. The van der Waals surface area contributed by atoms with E-state index in [-0.39, 0.29) is 11.9 Å². The van der Waals surface area contributed by atoms with Crippen molar-refractivity contribution in [2.24, 2.45) is 0 Å². The fourth-order valence-corrected chi connectivity index (χ4v) is 4.37. The minimum Gasteiger partial charge on any atom is -0.379 e. The second-order valence-corrected chi connectivity index (χ2v) is 7.83. The Bertz CT molecular complexity index is 1110. The molecule has 1 atom stereocenters. The molecule has 0 bridgehead atoms. The highest BCUT2D eigenvalue weighted by Gasteiger charge is 2.29. The molecule has 5 rings (SSSR count). The number of carbonyl (C=O) groups excluding carboxylic acids is 1. The maximum absolute atomic E-state index is 14.4. The van der Waals surface area contributed by atoms with Crippen LogP contribution < -0.4 is 10.3 Å². The highest BCUT2D eigenvalue weighted by molar-refractivity contribution is 6.00. The minimum absolute atomic E-state index is 0.233. The smallest absolute Gasteiger partial charge is 0.269 e. The van der Waals surface area contributed by atoms with Gasteiger partial charge in [0, 0.05) is 37.1 Å². The zero-order chi connectivity index (χ0) is 21.4. The normalized spacial score (nSPS) is 19.8. The Morgan fingerprint density at radius 3 is 2.81 bits per heavy atom. The highest BCUT2D eigenvalue weighted by atomic mass is 19.1. The molecule has 3 aromatic rings. The Hall–Kier alpha value is -3.04. The van der Waals surface area contributed by atoms with Gasteiger partial charge in [0.15, 0.2) is 0 Å². The molecule has 2 saturated heterocycles. The number of pyridine rings is 1. The second-order valence-electron chi connectivity index (χ2n) is 7.83. The molecule has 9 heteroatoms. The number of amides is 1. The van der Waals surface area contributed by atoms with Crippen molar-refractivity contribution in [3.63, 3.8) is 0 Å². The van der Waals surface area contributed by atoms with Crippen molar-refractivity contribution < 1.29 is 18.3 Å². The van der Waals surface area contributed by atoms with Gasteiger partial charge in [-0.25, -0.2) is 18.3 Å². The average Bonchev–Trinajstić information content (AvgIpc) is 3.43. The fourth-order valence-electron chi connectivity index (χ4n) is 4.37. The van der Waals surface area contributed by atoms with Gasteiger partial charge in [0.1, 0.15) is 11.6 Å². The summed E-state index contributed by atoms with van der Waals surface area (Å²) in [6.45, 7) is 3.13. The Kier molecular flexibility index (Phi) is 5.29. The van der Waals surface area contributed by atoms with Gasteiger partial charge in [-0.1, -0.05) is 0 Å². The number of morpholine rings is 1. The van der Waals surface area contributed by atoms with E-state index in [1.165, 1.54) is 12.1 Å². The third kappa shape index (κ3) is 3.86. The summed E-state index contributed by atoms with van der Waals surface area (Å²) >= 11 is 0. The van der Waals surface area contributed by atoms with Crippen molar-refractivity contribution in [2.45, 2.75) is 18.9 Å². The standard InChI is InChI=1S/C22H23F2N5O2/c23-15-3-4-19(24)17(12-15)20-2-1-6-28(20)16-5-7-29-21(13-16)18(14-25-29)22(30)26-27-8-10-31-11-9-27/h3-5,7,12-14,20H,1-2,6,8-11H2,(H,26,30)/t20-/m1/s1. The molecule has 0 spiro atoms. The molecule has 31 heavy (non-hydrogen) atoms. The Morgan fingerprint density at radius 1 is 1.13 bits per heavy atom. The lowest BCUT2D eigenvalue weighted by Crippen LogP contribution is -2.48. The predicted octanol–water partition coefficient (Wildman–Crippen LogP) is 2.93. The SMILES string of the molecule is O=C(NN1CCOCC1)c1cnn2ccc(N3CCC[C@@H]3c3cc(F)ccc3F)cc12. The van der Waals surface area contributed by atoms with Crippen LogP contribution in [-0.2, 0) is 4.74 Å². The van der Waals surface area contributed by atoms with E-state index >= 15 is 0 Å². The molecule has 1 amide bonds. The molecule has 2 fully saturated rings. The van der Waals surface area contributed by atoms with Crippen LogP contribution in [0.2, 0.25) is 0 Å². The molecule has 0 unspecified atom stereocenters. The molecule has 7 nitrogen and oxygen atoms in total. The van der Waals surface area contributed by atoms with Gasteiger partial charge in [-0.3, -0.25) is 10.2 Å². The van der Waals surface area contributed by atoms with Gasteiger partial charge in [-0.2, -0.15) is 5.10 Å². The van der Waals surface area contributed by atoms with Crippen molar-refractivity contribution in [1.82, 2.24) is 20.0 Å². The van der Waals surface area contributed by atoms with Crippen molar-refractivity contribution in [2.75, 3.05) is 37.7 Å². The van der Waals surface area contributed by atoms with E-state index in [1.807, 2.05) is 17.1 Å². The number of anilines is 1. The van der Waals surface area contributed by atoms with Crippen LogP contribution in [0.3, 0.4) is 0 Å². The summed E-state index contributed by atoms with van der Waals surface area (Å²) in [4.78, 5) is 14.9. The zero-order valence-corrected chi connectivity index (χ0v) is 16.9. The number of halogens is 2. The molecule has 1 aromatic carbocycles. The number of rotatable bonds is 4. The van der Waals surface area contributed by atoms with E-state index in [4.69, 9.17) is 4.74 Å². The minimum atomic E-state index is -0.448. The summed E-state index contributed by atoms with van der Waals surface area (Å²) in [6.07, 6.45) is 4.93. The lowest BCUT2D eigenvalue weighted by molar-refractivity contribution is 0.0127. The zero-order valence-electron chi connectivity index (χ0n) is 16.9. The molecule has 2 aromatic heterocycles. The Labute approximate surface area is 178 Å². The van der Waals surface area contributed by atoms with Crippen molar-refractivity contribution in [3.8, 4) is 0 Å². The van der Waals surface area contributed by atoms with Crippen LogP contribution in [0, 0.1) is 11.6 Å². The topological polar surface area (TPSA) is 62.1 Å². The Morgan fingerprint density at radius 2 is 1.97 bits per heavy atom. The van der Waals surface area contributed by atoms with Crippen LogP contribution in [0.15, 0.2) is 42.7 Å². The van der Waals surface area contributed by atoms with Crippen molar-refractivity contribution in [1.29, 1.82) is 0 Å². The van der Waals surface area contributed by atoms with Crippen molar-refractivity contribution >= 4 is 17.1 Å². The summed E-state index contributed by atoms with van der Waals surface area (Å²) in [5.41, 5.74) is 5.23. The van der Waals surface area contributed by atoms with Crippen LogP contribution in [0.5, 0.6) is 0 Å². The largest absolute Gasteiger partial charge is 0.379 e. The van der Waals surface area contributed by atoms with E-state index in [0.717, 1.165) is 31.1 Å². The van der Waals surface area contributed by atoms with Crippen LogP contribution in [0.1, 0.15) is 34.8 Å². The molecule has 2 aliphatic rings. The van der Waals surface area contributed by atoms with Gasteiger partial charge in [0.05, 0.1) is 36.5 Å². The molecular weight excluding hydrogens is 404 g/mol. The van der Waals surface area contributed by atoms with Crippen LogP contribution in [-0.4, -0.2) is 53.4 Å². The number of nitrogens with zero attached hydrogens (tertiary/aromatic N) is 4. The molecule has 0 radical (unpaired) electrons. The summed E-state index contributed by atoms with van der Waals surface area (Å²) in [7, 11) is 0. The monoisotopic (exact) mass is 427 g/mol. The number of hydrazine groups is 1. The number of ether oxygens (including phenoxy) is 1. The van der Waals surface area contributed by atoms with E-state index in [9.17, 15) is 13.6 Å². The summed E-state index contributed by atoms with van der Waals surface area (Å²) in [5.74, 6) is -1.09. The van der Waals surface area contributed by atoms with Gasteiger partial charge in [-0.15, -0.1) is 0 Å². The predicted molar refractivity (Wildman–Crippen MR) is 111 cm³/mol. The molecule has 0 aliphatic carbocycles. The lowest BCUT2D eigenvalue weighted by atomic mass is 10.0. The molecule has 1 N–H and O–H groups in total. The molecule has 4 heterocycles. The number of fused-ring (bicyclic) bond motifs is 1. The van der Waals surface area contributed by atoms with Crippen LogP contribution in [0.4, 0.5) is 14.5 Å². The van der Waals surface area contributed by atoms with Gasteiger partial charge in [0.2, 0.25) is 0 Å². The maximum atomic E-state index is 14.4.